The van der Waals surface area contributed by atoms with E-state index in [1.165, 1.54) is 6.42 Å². The molecule has 121 valence electrons. The van der Waals surface area contributed by atoms with Gasteiger partial charge in [0.2, 0.25) is 0 Å². The molecule has 0 aliphatic heterocycles. The maximum atomic E-state index is 12.0. The Labute approximate surface area is 143 Å². The van der Waals surface area contributed by atoms with E-state index < -0.39 is 0 Å². The number of para-hydroxylation sites is 1. The van der Waals surface area contributed by atoms with Crippen LogP contribution in [0, 0.1) is 5.41 Å². The Morgan fingerprint density at radius 2 is 2.04 bits per heavy atom. The molecule has 1 fully saturated rings. The number of hydrogen-bond acceptors (Lipinski definition) is 3. The summed E-state index contributed by atoms with van der Waals surface area (Å²) in [5, 5.41) is 1.90. The van der Waals surface area contributed by atoms with Gasteiger partial charge in [-0.2, -0.15) is 0 Å². The van der Waals surface area contributed by atoms with Crippen LogP contribution in [-0.2, 0) is 4.79 Å². The van der Waals surface area contributed by atoms with Gasteiger partial charge >= 0.3 is 143 Å². The van der Waals surface area contributed by atoms with E-state index in [4.69, 9.17) is 15.5 Å². The van der Waals surface area contributed by atoms with Crippen molar-refractivity contribution >= 4 is 37.0 Å². The van der Waals surface area contributed by atoms with Gasteiger partial charge in [-0.05, 0) is 0 Å². The summed E-state index contributed by atoms with van der Waals surface area (Å²) in [5.41, 5.74) is 6.39. The van der Waals surface area contributed by atoms with Gasteiger partial charge in [0.1, 0.15) is 0 Å². The predicted molar refractivity (Wildman–Crippen MR) is 93.2 cm³/mol. The molecule has 1 radical (unpaired) electrons. The van der Waals surface area contributed by atoms with E-state index in [1.807, 2.05) is 30.3 Å². The second kappa shape index (κ2) is 6.92. The summed E-state index contributed by atoms with van der Waals surface area (Å²) in [6.45, 7) is 0. The number of hydrogen-bond donors (Lipinski definition) is 1. The fraction of sp³-hybridized carbons (Fsp3) is 0.444. The van der Waals surface area contributed by atoms with E-state index in [0.717, 1.165) is 52.0 Å². The SMILES string of the molecule is COc1cc([As]CC2(C(N)=O)CCCCC2)nc2ccccc12. The standard InChI is InChI=1S/C18H22AsN2O2/c1-23-15-11-16(21-14-8-4-3-7-13(14)15)19-12-18(17(20)22)9-5-2-6-10-18/h3-4,7-8,11H,2,5-6,9-10,12H2,1H3,(H2,20,22). The van der Waals surface area contributed by atoms with Gasteiger partial charge in [0.15, 0.2) is 0 Å². The first-order valence-electron chi connectivity index (χ1n) is 8.06. The number of benzene rings is 1. The zero-order valence-electron chi connectivity index (χ0n) is 13.4. The molecule has 4 nitrogen and oxygen atoms in total. The normalized spacial score (nSPS) is 17.6. The zero-order chi connectivity index (χ0) is 16.3. The molecule has 1 aliphatic carbocycles. The Morgan fingerprint density at radius 1 is 1.30 bits per heavy atom. The summed E-state index contributed by atoms with van der Waals surface area (Å²) in [4.78, 5) is 16.8. The van der Waals surface area contributed by atoms with Crippen molar-refractivity contribution in [3.63, 3.8) is 0 Å². The molecule has 1 heterocycles. The molecule has 0 saturated heterocycles. The van der Waals surface area contributed by atoms with E-state index in [1.54, 1.807) is 7.11 Å². The van der Waals surface area contributed by atoms with E-state index in [0.29, 0.717) is 0 Å². The van der Waals surface area contributed by atoms with Gasteiger partial charge in [0.25, 0.3) is 0 Å². The number of primary amides is 1. The molecule has 2 aromatic rings. The van der Waals surface area contributed by atoms with Gasteiger partial charge in [-0.3, -0.25) is 0 Å². The van der Waals surface area contributed by atoms with E-state index in [2.05, 4.69) is 0 Å². The Hall–Kier alpha value is -1.54. The second-order valence-electron chi connectivity index (χ2n) is 6.22. The molecule has 0 atom stereocenters. The van der Waals surface area contributed by atoms with Crippen molar-refractivity contribution in [3.05, 3.63) is 30.3 Å². The number of pyridine rings is 1. The number of aromatic nitrogens is 1. The van der Waals surface area contributed by atoms with Crippen molar-refractivity contribution in [2.24, 2.45) is 11.1 Å². The van der Waals surface area contributed by atoms with Gasteiger partial charge in [-0.15, -0.1) is 0 Å². The first-order chi connectivity index (χ1) is 11.1. The van der Waals surface area contributed by atoms with Gasteiger partial charge < -0.3 is 0 Å². The molecule has 23 heavy (non-hydrogen) atoms. The summed E-state index contributed by atoms with van der Waals surface area (Å²) >= 11 is -0.205. The van der Waals surface area contributed by atoms with Gasteiger partial charge in [0, 0.05) is 0 Å². The molecule has 0 unspecified atom stereocenters. The van der Waals surface area contributed by atoms with E-state index in [9.17, 15) is 4.79 Å². The molecule has 1 saturated carbocycles. The number of rotatable bonds is 5. The van der Waals surface area contributed by atoms with Crippen molar-refractivity contribution in [3.8, 4) is 5.75 Å². The Kier molecular flexibility index (Phi) is 4.91. The predicted octanol–water partition coefficient (Wildman–Crippen LogP) is 2.43. The molecule has 3 rings (SSSR count). The third-order valence-corrected chi connectivity index (χ3v) is 7.52. The third-order valence-electron chi connectivity index (χ3n) is 4.76. The summed E-state index contributed by atoms with van der Waals surface area (Å²) < 4.78 is 6.57. The number of nitrogens with two attached hydrogens (primary N) is 1. The summed E-state index contributed by atoms with van der Waals surface area (Å²) in [6.07, 6.45) is 5.30. The maximum absolute atomic E-state index is 12.0. The van der Waals surface area contributed by atoms with Crippen LogP contribution in [0.3, 0.4) is 0 Å². The van der Waals surface area contributed by atoms with Crippen LogP contribution in [0.4, 0.5) is 0 Å². The topological polar surface area (TPSA) is 65.2 Å². The molecular formula is C18H22AsN2O2. The minimum atomic E-state index is -0.307. The third kappa shape index (κ3) is 3.37. The van der Waals surface area contributed by atoms with Crippen molar-refractivity contribution in [1.82, 2.24) is 4.98 Å². The monoisotopic (exact) mass is 373 g/mol. The number of carbonyl (C=O) groups excluding carboxylic acids is 1. The van der Waals surface area contributed by atoms with Crippen LogP contribution in [0.1, 0.15) is 32.1 Å². The van der Waals surface area contributed by atoms with Crippen LogP contribution in [-0.4, -0.2) is 33.8 Å². The Morgan fingerprint density at radius 3 is 2.74 bits per heavy atom. The second-order valence-corrected chi connectivity index (χ2v) is 8.51. The molecule has 1 aromatic carbocycles. The molecule has 0 spiro atoms. The molecule has 1 aromatic heterocycles. The molecule has 5 heteroatoms. The fourth-order valence-corrected chi connectivity index (χ4v) is 6.10. The van der Waals surface area contributed by atoms with Crippen LogP contribution < -0.4 is 15.0 Å². The fourth-order valence-electron chi connectivity index (χ4n) is 3.32. The first-order valence-corrected chi connectivity index (χ1v) is 10.3. The van der Waals surface area contributed by atoms with Crippen LogP contribution in [0.15, 0.2) is 30.3 Å². The van der Waals surface area contributed by atoms with Crippen LogP contribution in [0.5, 0.6) is 5.75 Å². The number of ether oxygens (including phenoxy) is 1. The van der Waals surface area contributed by atoms with Crippen molar-refractivity contribution in [2.45, 2.75) is 37.3 Å². The van der Waals surface area contributed by atoms with Crippen LogP contribution >= 0.6 is 0 Å². The van der Waals surface area contributed by atoms with E-state index in [-0.39, 0.29) is 27.1 Å². The van der Waals surface area contributed by atoms with Crippen molar-refractivity contribution in [1.29, 1.82) is 0 Å². The van der Waals surface area contributed by atoms with E-state index >= 15 is 0 Å². The van der Waals surface area contributed by atoms with Crippen molar-refractivity contribution in [2.75, 3.05) is 7.11 Å². The Balaban J connectivity index is 1.85. The van der Waals surface area contributed by atoms with Gasteiger partial charge in [-0.25, -0.2) is 0 Å². The number of fused-ring (bicyclic) bond motifs is 1. The molecule has 0 bridgehead atoms. The quantitative estimate of drug-likeness (QED) is 0.819. The van der Waals surface area contributed by atoms with Gasteiger partial charge in [-0.1, -0.05) is 0 Å². The number of carbonyl (C=O) groups is 1. The summed E-state index contributed by atoms with van der Waals surface area (Å²) in [5.74, 6) is 0.734. The zero-order valence-corrected chi connectivity index (χ0v) is 15.3. The van der Waals surface area contributed by atoms with Crippen LogP contribution in [0.2, 0.25) is 5.21 Å². The molecular weight excluding hydrogens is 351 g/mol. The summed E-state index contributed by atoms with van der Waals surface area (Å²) in [6, 6.07) is 10.0. The van der Waals surface area contributed by atoms with Crippen LogP contribution in [0.25, 0.3) is 10.9 Å². The summed E-state index contributed by atoms with van der Waals surface area (Å²) in [7, 11) is 1.69. The number of nitrogens with zero attached hydrogens (tertiary/aromatic N) is 1. The first kappa shape index (κ1) is 16.3. The number of amides is 1. The molecule has 1 aliphatic rings. The van der Waals surface area contributed by atoms with Crippen molar-refractivity contribution < 1.29 is 9.53 Å². The molecule has 2 N–H and O–H groups in total. The average Bonchev–Trinajstić information content (AvgIpc) is 2.60. The molecule has 1 amide bonds. The minimum absolute atomic E-state index is 0.125. The average molecular weight is 373 g/mol. The number of methoxy groups -OCH3 is 1. The van der Waals surface area contributed by atoms with Gasteiger partial charge in [0.05, 0.1) is 0 Å². The Bertz CT molecular complexity index is 711.